The van der Waals surface area contributed by atoms with E-state index >= 15 is 0 Å². The Labute approximate surface area is 121 Å². The number of hydrogen-bond donors (Lipinski definition) is 3. The number of nitrogens with two attached hydrogens (primary N) is 1. The second-order valence-electron chi connectivity index (χ2n) is 3.78. The van der Waals surface area contributed by atoms with Crippen LogP contribution in [0.1, 0.15) is 6.92 Å². The highest BCUT2D eigenvalue weighted by atomic mass is 35.5. The van der Waals surface area contributed by atoms with Crippen LogP contribution in [0.2, 0.25) is 10.0 Å². The third-order valence-electron chi connectivity index (χ3n) is 2.29. The first kappa shape index (κ1) is 13.7. The molecule has 7 heteroatoms. The summed E-state index contributed by atoms with van der Waals surface area (Å²) >= 11 is 11.8. The molecule has 0 bridgehead atoms. The van der Waals surface area contributed by atoms with E-state index < -0.39 is 0 Å². The maximum atomic E-state index is 5.95. The average Bonchev–Trinajstić information content (AvgIpc) is 2.33. The number of hydrogen-bond acceptors (Lipinski definition) is 5. The number of nitrogens with one attached hydrogen (secondary N) is 2. The van der Waals surface area contributed by atoms with Crippen molar-refractivity contribution in [1.29, 1.82) is 0 Å². The van der Waals surface area contributed by atoms with Crippen molar-refractivity contribution in [2.24, 2.45) is 0 Å². The third kappa shape index (κ3) is 3.62. The maximum absolute atomic E-state index is 5.95. The van der Waals surface area contributed by atoms with Gasteiger partial charge in [0, 0.05) is 18.3 Å². The zero-order valence-corrected chi connectivity index (χ0v) is 11.8. The fourth-order valence-electron chi connectivity index (χ4n) is 1.52. The Balaban J connectivity index is 2.24. The molecule has 1 aromatic carbocycles. The molecule has 0 amide bonds. The number of benzene rings is 1. The monoisotopic (exact) mass is 297 g/mol. The van der Waals surface area contributed by atoms with Gasteiger partial charge in [-0.2, -0.15) is 9.97 Å². The number of anilines is 4. The average molecular weight is 298 g/mol. The van der Waals surface area contributed by atoms with Crippen LogP contribution in [0.5, 0.6) is 0 Å². The SMILES string of the molecule is CCNc1cc(Nc2ccc(Cl)c(Cl)c2)nc(N)n1. The molecule has 0 unspecified atom stereocenters. The molecule has 0 radical (unpaired) electrons. The summed E-state index contributed by atoms with van der Waals surface area (Å²) in [6, 6.07) is 7.00. The van der Waals surface area contributed by atoms with E-state index in [1.165, 1.54) is 0 Å². The van der Waals surface area contributed by atoms with Gasteiger partial charge in [-0.3, -0.25) is 0 Å². The van der Waals surface area contributed by atoms with Gasteiger partial charge in [0.1, 0.15) is 11.6 Å². The van der Waals surface area contributed by atoms with Crippen molar-refractivity contribution in [3.63, 3.8) is 0 Å². The largest absolute Gasteiger partial charge is 0.370 e. The molecule has 0 atom stereocenters. The van der Waals surface area contributed by atoms with Gasteiger partial charge in [-0.15, -0.1) is 0 Å². The lowest BCUT2D eigenvalue weighted by atomic mass is 10.3. The maximum Gasteiger partial charge on any atom is 0.223 e. The molecular weight excluding hydrogens is 285 g/mol. The van der Waals surface area contributed by atoms with Crippen molar-refractivity contribution in [2.75, 3.05) is 22.9 Å². The molecule has 2 rings (SSSR count). The normalized spacial score (nSPS) is 10.3. The molecule has 0 saturated carbocycles. The van der Waals surface area contributed by atoms with E-state index in [1.54, 1.807) is 24.3 Å². The van der Waals surface area contributed by atoms with E-state index in [1.807, 2.05) is 6.92 Å². The Morgan fingerprint density at radius 1 is 1.11 bits per heavy atom. The minimum atomic E-state index is 0.195. The first-order valence-electron chi connectivity index (χ1n) is 5.69. The van der Waals surface area contributed by atoms with Gasteiger partial charge < -0.3 is 16.4 Å². The Bertz CT molecular complexity index is 588. The van der Waals surface area contributed by atoms with Crippen molar-refractivity contribution >= 4 is 46.5 Å². The van der Waals surface area contributed by atoms with E-state index in [4.69, 9.17) is 28.9 Å². The van der Waals surface area contributed by atoms with E-state index in [0.29, 0.717) is 21.7 Å². The molecule has 0 aliphatic carbocycles. The number of aromatic nitrogens is 2. The van der Waals surface area contributed by atoms with Crippen molar-refractivity contribution in [1.82, 2.24) is 9.97 Å². The number of nitrogen functional groups attached to an aromatic ring is 1. The summed E-state index contributed by atoms with van der Waals surface area (Å²) < 4.78 is 0. The van der Waals surface area contributed by atoms with Crippen LogP contribution in [0.25, 0.3) is 0 Å². The summed E-state index contributed by atoms with van der Waals surface area (Å²) in [4.78, 5) is 8.17. The van der Waals surface area contributed by atoms with Crippen molar-refractivity contribution in [3.8, 4) is 0 Å². The first-order chi connectivity index (χ1) is 9.08. The lowest BCUT2D eigenvalue weighted by Crippen LogP contribution is -2.05. The number of nitrogens with zero attached hydrogens (tertiary/aromatic N) is 2. The quantitative estimate of drug-likeness (QED) is 0.805. The molecule has 0 spiro atoms. The van der Waals surface area contributed by atoms with Crippen molar-refractivity contribution < 1.29 is 0 Å². The Hall–Kier alpha value is -1.72. The van der Waals surface area contributed by atoms with Crippen LogP contribution < -0.4 is 16.4 Å². The lowest BCUT2D eigenvalue weighted by Gasteiger charge is -2.09. The van der Waals surface area contributed by atoms with Gasteiger partial charge in [0.25, 0.3) is 0 Å². The molecule has 2 aromatic rings. The smallest absolute Gasteiger partial charge is 0.223 e. The molecule has 4 N–H and O–H groups in total. The fourth-order valence-corrected chi connectivity index (χ4v) is 1.82. The highest BCUT2D eigenvalue weighted by Crippen LogP contribution is 2.27. The zero-order valence-electron chi connectivity index (χ0n) is 10.2. The standard InChI is InChI=1S/C12H13Cl2N5/c1-2-16-10-6-11(19-12(15)18-10)17-7-3-4-8(13)9(14)5-7/h3-6H,2H2,1H3,(H4,15,16,17,18,19). The van der Waals surface area contributed by atoms with Gasteiger partial charge in [0.05, 0.1) is 10.0 Å². The summed E-state index contributed by atoms with van der Waals surface area (Å²) in [5, 5.41) is 7.15. The molecular formula is C12H13Cl2N5. The number of halogens is 2. The molecule has 19 heavy (non-hydrogen) atoms. The predicted molar refractivity (Wildman–Crippen MR) is 80.4 cm³/mol. The van der Waals surface area contributed by atoms with Crippen LogP contribution in [0.4, 0.5) is 23.3 Å². The summed E-state index contributed by atoms with van der Waals surface area (Å²) in [6.07, 6.45) is 0. The van der Waals surface area contributed by atoms with Gasteiger partial charge in [-0.25, -0.2) is 0 Å². The van der Waals surface area contributed by atoms with Gasteiger partial charge in [-0.1, -0.05) is 23.2 Å². The van der Waals surface area contributed by atoms with Gasteiger partial charge >= 0.3 is 0 Å². The van der Waals surface area contributed by atoms with Crippen molar-refractivity contribution in [3.05, 3.63) is 34.3 Å². The van der Waals surface area contributed by atoms with E-state index in [-0.39, 0.29) is 5.95 Å². The molecule has 1 aromatic heterocycles. The highest BCUT2D eigenvalue weighted by molar-refractivity contribution is 6.42. The molecule has 100 valence electrons. The van der Waals surface area contributed by atoms with Crippen LogP contribution in [0.3, 0.4) is 0 Å². The Kier molecular flexibility index (Phi) is 4.29. The van der Waals surface area contributed by atoms with Gasteiger partial charge in [0.15, 0.2) is 0 Å². The van der Waals surface area contributed by atoms with E-state index in [2.05, 4.69) is 20.6 Å². The van der Waals surface area contributed by atoms with Crippen LogP contribution in [-0.2, 0) is 0 Å². The molecule has 0 fully saturated rings. The predicted octanol–water partition coefficient (Wildman–Crippen LogP) is 3.54. The zero-order chi connectivity index (χ0) is 13.8. The molecule has 5 nitrogen and oxygen atoms in total. The summed E-state index contributed by atoms with van der Waals surface area (Å²) in [5.74, 6) is 1.44. The minimum Gasteiger partial charge on any atom is -0.370 e. The summed E-state index contributed by atoms with van der Waals surface area (Å²) in [6.45, 7) is 2.73. The summed E-state index contributed by atoms with van der Waals surface area (Å²) in [7, 11) is 0. The van der Waals surface area contributed by atoms with Crippen LogP contribution in [-0.4, -0.2) is 16.5 Å². The first-order valence-corrected chi connectivity index (χ1v) is 6.44. The second-order valence-corrected chi connectivity index (χ2v) is 4.60. The fraction of sp³-hybridized carbons (Fsp3) is 0.167. The second kappa shape index (κ2) is 5.95. The Morgan fingerprint density at radius 2 is 1.84 bits per heavy atom. The van der Waals surface area contributed by atoms with Crippen LogP contribution in [0, 0.1) is 0 Å². The molecule has 1 heterocycles. The Morgan fingerprint density at radius 3 is 2.53 bits per heavy atom. The minimum absolute atomic E-state index is 0.195. The van der Waals surface area contributed by atoms with Gasteiger partial charge in [-0.05, 0) is 25.1 Å². The van der Waals surface area contributed by atoms with Crippen LogP contribution >= 0.6 is 23.2 Å². The summed E-state index contributed by atoms with van der Waals surface area (Å²) in [5.41, 5.74) is 6.42. The van der Waals surface area contributed by atoms with E-state index in [9.17, 15) is 0 Å². The lowest BCUT2D eigenvalue weighted by molar-refractivity contribution is 1.12. The highest BCUT2D eigenvalue weighted by Gasteiger charge is 2.04. The molecule has 0 saturated heterocycles. The van der Waals surface area contributed by atoms with Crippen LogP contribution in [0.15, 0.2) is 24.3 Å². The van der Waals surface area contributed by atoms with Gasteiger partial charge in [0.2, 0.25) is 5.95 Å². The molecule has 0 aliphatic heterocycles. The topological polar surface area (TPSA) is 75.9 Å². The molecule has 0 aliphatic rings. The van der Waals surface area contributed by atoms with E-state index in [0.717, 1.165) is 12.2 Å². The van der Waals surface area contributed by atoms with Crippen molar-refractivity contribution in [2.45, 2.75) is 6.92 Å². The number of rotatable bonds is 4. The third-order valence-corrected chi connectivity index (χ3v) is 3.03.